The number of hydrogen-bond acceptors (Lipinski definition) is 4. The zero-order valence-electron chi connectivity index (χ0n) is 16.1. The molecule has 2 aromatic carbocycles. The number of likely N-dealkylation sites (N-methyl/N-ethyl adjacent to an activating group) is 1. The Hall–Kier alpha value is -2.51. The van der Waals surface area contributed by atoms with Gasteiger partial charge in [-0.2, -0.15) is 9.41 Å². The molecule has 0 aliphatic carbocycles. The van der Waals surface area contributed by atoms with Crippen molar-refractivity contribution < 1.29 is 13.2 Å². The maximum atomic E-state index is 12.5. The van der Waals surface area contributed by atoms with E-state index in [-0.39, 0.29) is 11.4 Å². The van der Waals surface area contributed by atoms with Crippen LogP contribution in [-0.2, 0) is 21.2 Å². The molecule has 7 heteroatoms. The van der Waals surface area contributed by atoms with Crippen LogP contribution in [0.15, 0.2) is 58.5 Å². The van der Waals surface area contributed by atoms with Crippen LogP contribution in [0.5, 0.6) is 0 Å². The highest BCUT2D eigenvalue weighted by molar-refractivity contribution is 7.89. The lowest BCUT2D eigenvalue weighted by atomic mass is 10.1. The van der Waals surface area contributed by atoms with E-state index in [1.54, 1.807) is 19.1 Å². The van der Waals surface area contributed by atoms with Gasteiger partial charge in [0.05, 0.1) is 17.2 Å². The minimum Gasteiger partial charge on any atom is -0.272 e. The Morgan fingerprint density at radius 2 is 1.67 bits per heavy atom. The summed E-state index contributed by atoms with van der Waals surface area (Å²) in [5.41, 5.74) is 6.15. The van der Waals surface area contributed by atoms with Crippen LogP contribution in [0.2, 0.25) is 0 Å². The largest absolute Gasteiger partial charge is 0.272 e. The number of sulfonamides is 1. The maximum absolute atomic E-state index is 12.5. The minimum absolute atomic E-state index is 0.152. The van der Waals surface area contributed by atoms with Crippen LogP contribution in [0.4, 0.5) is 0 Å². The van der Waals surface area contributed by atoms with Gasteiger partial charge in [0.1, 0.15) is 0 Å². The summed E-state index contributed by atoms with van der Waals surface area (Å²) in [6.45, 7) is 5.43. The lowest BCUT2D eigenvalue weighted by Crippen LogP contribution is -2.36. The number of aryl methyl sites for hydroxylation is 2. The van der Waals surface area contributed by atoms with Crippen molar-refractivity contribution in [1.29, 1.82) is 0 Å². The Morgan fingerprint density at radius 3 is 2.22 bits per heavy atom. The van der Waals surface area contributed by atoms with E-state index >= 15 is 0 Å². The molecule has 0 unspecified atom stereocenters. The van der Waals surface area contributed by atoms with E-state index < -0.39 is 15.9 Å². The number of hydrazone groups is 1. The molecule has 0 aliphatic heterocycles. The van der Waals surface area contributed by atoms with E-state index in [1.165, 1.54) is 24.7 Å². The molecular weight excluding hydrogens is 362 g/mol. The van der Waals surface area contributed by atoms with Crippen molar-refractivity contribution >= 4 is 21.6 Å². The molecular formula is C20H25N3O3S. The standard InChI is InChI=1S/C20H25N3O3S/c1-5-17-8-10-18(11-9-17)16(3)21-22-20(24)14-23(4)27(25,26)19-12-6-15(2)7-13-19/h6-13H,5,14H2,1-4H3,(H,22,24)/b21-16-. The predicted molar refractivity (Wildman–Crippen MR) is 107 cm³/mol. The first-order valence-electron chi connectivity index (χ1n) is 8.69. The molecule has 2 rings (SSSR count). The topological polar surface area (TPSA) is 78.8 Å². The van der Waals surface area contributed by atoms with Crippen LogP contribution in [0.1, 0.15) is 30.5 Å². The zero-order valence-corrected chi connectivity index (χ0v) is 16.9. The summed E-state index contributed by atoms with van der Waals surface area (Å²) in [6.07, 6.45) is 0.953. The summed E-state index contributed by atoms with van der Waals surface area (Å²) < 4.78 is 26.0. The number of rotatable bonds is 7. The Morgan fingerprint density at radius 1 is 1.07 bits per heavy atom. The zero-order chi connectivity index (χ0) is 20.0. The van der Waals surface area contributed by atoms with E-state index in [4.69, 9.17) is 0 Å². The van der Waals surface area contributed by atoms with Crippen molar-refractivity contribution in [2.24, 2.45) is 5.10 Å². The van der Waals surface area contributed by atoms with Crippen LogP contribution in [0, 0.1) is 6.92 Å². The second kappa shape index (κ2) is 8.92. The van der Waals surface area contributed by atoms with Crippen LogP contribution < -0.4 is 5.43 Å². The van der Waals surface area contributed by atoms with Gasteiger partial charge in [-0.15, -0.1) is 0 Å². The van der Waals surface area contributed by atoms with Gasteiger partial charge in [0, 0.05) is 7.05 Å². The van der Waals surface area contributed by atoms with Gasteiger partial charge in [0.25, 0.3) is 5.91 Å². The second-order valence-electron chi connectivity index (χ2n) is 6.36. The van der Waals surface area contributed by atoms with Crippen LogP contribution in [0.25, 0.3) is 0 Å². The van der Waals surface area contributed by atoms with Gasteiger partial charge in [-0.05, 0) is 43.5 Å². The average molecular weight is 388 g/mol. The predicted octanol–water partition coefficient (Wildman–Crippen LogP) is 2.72. The second-order valence-corrected chi connectivity index (χ2v) is 8.40. The van der Waals surface area contributed by atoms with Gasteiger partial charge in [-0.1, -0.05) is 48.9 Å². The van der Waals surface area contributed by atoms with E-state index in [0.29, 0.717) is 5.71 Å². The highest BCUT2D eigenvalue weighted by Gasteiger charge is 2.22. The summed E-state index contributed by atoms with van der Waals surface area (Å²) in [6, 6.07) is 14.4. The molecule has 0 heterocycles. The van der Waals surface area contributed by atoms with Crippen molar-refractivity contribution in [3.05, 3.63) is 65.2 Å². The SMILES string of the molecule is CCc1ccc(/C(C)=N\NC(=O)CN(C)S(=O)(=O)c2ccc(C)cc2)cc1. The van der Waals surface area contributed by atoms with E-state index in [9.17, 15) is 13.2 Å². The summed E-state index contributed by atoms with van der Waals surface area (Å²) in [4.78, 5) is 12.2. The van der Waals surface area contributed by atoms with Gasteiger partial charge in [-0.25, -0.2) is 13.8 Å². The average Bonchev–Trinajstić information content (AvgIpc) is 2.66. The lowest BCUT2D eigenvalue weighted by Gasteiger charge is -2.16. The minimum atomic E-state index is -3.73. The van der Waals surface area contributed by atoms with Crippen molar-refractivity contribution in [2.45, 2.75) is 32.1 Å². The van der Waals surface area contributed by atoms with Gasteiger partial charge in [0.2, 0.25) is 10.0 Å². The van der Waals surface area contributed by atoms with Crippen LogP contribution >= 0.6 is 0 Å². The van der Waals surface area contributed by atoms with Crippen molar-refractivity contribution in [3.8, 4) is 0 Å². The number of benzene rings is 2. The fourth-order valence-electron chi connectivity index (χ4n) is 2.41. The third-order valence-corrected chi connectivity index (χ3v) is 6.04. The molecule has 1 amide bonds. The smallest absolute Gasteiger partial charge is 0.255 e. The van der Waals surface area contributed by atoms with Gasteiger partial charge in [-0.3, -0.25) is 4.79 Å². The number of hydrogen-bond donors (Lipinski definition) is 1. The molecule has 0 aliphatic rings. The highest BCUT2D eigenvalue weighted by atomic mass is 32.2. The monoisotopic (exact) mass is 387 g/mol. The first-order valence-corrected chi connectivity index (χ1v) is 10.1. The fourth-order valence-corrected chi connectivity index (χ4v) is 3.53. The molecule has 0 fully saturated rings. The fraction of sp³-hybridized carbons (Fsp3) is 0.300. The third kappa shape index (κ3) is 5.48. The van der Waals surface area contributed by atoms with E-state index in [1.807, 2.05) is 31.2 Å². The number of carbonyl (C=O) groups excluding carboxylic acids is 1. The Labute approximate surface area is 161 Å². The van der Waals surface area contributed by atoms with Crippen LogP contribution in [0.3, 0.4) is 0 Å². The number of amides is 1. The third-order valence-electron chi connectivity index (χ3n) is 4.22. The van der Waals surface area contributed by atoms with Crippen molar-refractivity contribution in [3.63, 3.8) is 0 Å². The molecule has 144 valence electrons. The highest BCUT2D eigenvalue weighted by Crippen LogP contribution is 2.14. The van der Waals surface area contributed by atoms with Crippen molar-refractivity contribution in [2.75, 3.05) is 13.6 Å². The van der Waals surface area contributed by atoms with E-state index in [2.05, 4.69) is 17.5 Å². The van der Waals surface area contributed by atoms with Crippen LogP contribution in [-0.4, -0.2) is 37.9 Å². The maximum Gasteiger partial charge on any atom is 0.255 e. The molecule has 0 atom stereocenters. The molecule has 0 saturated carbocycles. The quantitative estimate of drug-likeness (QED) is 0.586. The number of nitrogens with one attached hydrogen (secondary N) is 1. The first-order chi connectivity index (χ1) is 12.7. The summed E-state index contributed by atoms with van der Waals surface area (Å²) in [7, 11) is -2.36. The molecule has 0 aromatic heterocycles. The first kappa shape index (κ1) is 20.8. The number of carbonyl (C=O) groups is 1. The summed E-state index contributed by atoms with van der Waals surface area (Å²) >= 11 is 0. The molecule has 0 bridgehead atoms. The lowest BCUT2D eigenvalue weighted by molar-refractivity contribution is -0.121. The van der Waals surface area contributed by atoms with Gasteiger partial charge in [0.15, 0.2) is 0 Å². The summed E-state index contributed by atoms with van der Waals surface area (Å²) in [5, 5.41) is 4.06. The van der Waals surface area contributed by atoms with Gasteiger partial charge < -0.3 is 0 Å². The molecule has 0 spiro atoms. The van der Waals surface area contributed by atoms with E-state index in [0.717, 1.165) is 21.9 Å². The normalized spacial score (nSPS) is 12.3. The summed E-state index contributed by atoms with van der Waals surface area (Å²) in [5.74, 6) is -0.502. The Kier molecular flexibility index (Phi) is 6.87. The Balaban J connectivity index is 2.00. The Bertz CT molecular complexity index is 918. The molecule has 27 heavy (non-hydrogen) atoms. The molecule has 0 radical (unpaired) electrons. The molecule has 0 saturated heterocycles. The molecule has 2 aromatic rings. The molecule has 1 N–H and O–H groups in total. The molecule has 6 nitrogen and oxygen atoms in total. The van der Waals surface area contributed by atoms with Gasteiger partial charge >= 0.3 is 0 Å². The van der Waals surface area contributed by atoms with Crippen molar-refractivity contribution in [1.82, 2.24) is 9.73 Å². The number of nitrogens with zero attached hydrogens (tertiary/aromatic N) is 2.